The molecule has 0 aromatic rings. The monoisotopic (exact) mass is 228 g/mol. The van der Waals surface area contributed by atoms with Gasteiger partial charge in [-0.15, -0.1) is 0 Å². The second-order valence-corrected chi connectivity index (χ2v) is 4.48. The molecule has 1 heterocycles. The molecule has 1 aliphatic carbocycles. The van der Waals surface area contributed by atoms with E-state index in [1.165, 1.54) is 0 Å². The smallest absolute Gasteiger partial charge is 0.222 e. The zero-order valence-electron chi connectivity index (χ0n) is 9.36. The van der Waals surface area contributed by atoms with Gasteiger partial charge in [0, 0.05) is 0 Å². The van der Waals surface area contributed by atoms with Crippen LogP contribution in [0.3, 0.4) is 0 Å². The van der Waals surface area contributed by atoms with Crippen LogP contribution in [-0.4, -0.2) is 5.60 Å². The molecule has 1 spiro atoms. The Morgan fingerprint density at radius 2 is 1.65 bits per heavy atom. The third kappa shape index (κ3) is 1.22. The predicted octanol–water partition coefficient (Wildman–Crippen LogP) is 1.45. The van der Waals surface area contributed by atoms with Gasteiger partial charge in [0.15, 0.2) is 0 Å². The van der Waals surface area contributed by atoms with E-state index >= 15 is 0 Å². The summed E-state index contributed by atoms with van der Waals surface area (Å²) in [6.45, 7) is 0. The van der Waals surface area contributed by atoms with Crippen molar-refractivity contribution in [3.8, 4) is 18.2 Å². The average Bonchev–Trinajstić information content (AvgIpc) is 2.58. The van der Waals surface area contributed by atoms with Crippen molar-refractivity contribution >= 4 is 0 Å². The molecule has 1 fully saturated rings. The molecule has 2 aliphatic rings. The standard InChI is InChI=1S/C12H12N4O/c13-6-9-10(16)17-12(4-2-1-3-5-12)11(9,7-14)8-15/h1-5,16H2. The summed E-state index contributed by atoms with van der Waals surface area (Å²) in [5.41, 5.74) is 3.18. The van der Waals surface area contributed by atoms with Crippen LogP contribution >= 0.6 is 0 Å². The first kappa shape index (κ1) is 11.3. The van der Waals surface area contributed by atoms with Crippen molar-refractivity contribution in [3.63, 3.8) is 0 Å². The number of nitriles is 3. The lowest BCUT2D eigenvalue weighted by molar-refractivity contribution is -0.0448. The lowest BCUT2D eigenvalue weighted by Crippen LogP contribution is -2.47. The van der Waals surface area contributed by atoms with Gasteiger partial charge in [0.05, 0.1) is 12.1 Å². The Kier molecular flexibility index (Phi) is 2.45. The topological polar surface area (TPSA) is 107 Å². The molecular weight excluding hydrogens is 216 g/mol. The Morgan fingerprint density at radius 1 is 1.06 bits per heavy atom. The normalized spacial score (nSPS) is 24.5. The first-order valence-corrected chi connectivity index (χ1v) is 5.57. The molecule has 5 heteroatoms. The van der Waals surface area contributed by atoms with Crippen molar-refractivity contribution in [2.45, 2.75) is 37.7 Å². The highest BCUT2D eigenvalue weighted by molar-refractivity contribution is 5.50. The van der Waals surface area contributed by atoms with E-state index in [9.17, 15) is 10.5 Å². The number of hydrogen-bond donors (Lipinski definition) is 1. The van der Waals surface area contributed by atoms with Gasteiger partial charge in [0.2, 0.25) is 11.3 Å². The van der Waals surface area contributed by atoms with E-state index in [0.717, 1.165) is 19.3 Å². The summed E-state index contributed by atoms with van der Waals surface area (Å²) in [7, 11) is 0. The van der Waals surface area contributed by atoms with Crippen LogP contribution in [-0.2, 0) is 4.74 Å². The highest BCUT2D eigenvalue weighted by Gasteiger charge is 2.63. The maximum atomic E-state index is 9.36. The van der Waals surface area contributed by atoms with Crippen LogP contribution in [0.15, 0.2) is 11.5 Å². The van der Waals surface area contributed by atoms with E-state index in [-0.39, 0.29) is 11.5 Å². The van der Waals surface area contributed by atoms with Crippen LogP contribution in [0, 0.1) is 39.4 Å². The fourth-order valence-corrected chi connectivity index (χ4v) is 2.83. The first-order valence-electron chi connectivity index (χ1n) is 5.57. The van der Waals surface area contributed by atoms with Crippen LogP contribution in [0.25, 0.3) is 0 Å². The zero-order valence-corrected chi connectivity index (χ0v) is 9.36. The van der Waals surface area contributed by atoms with Crippen molar-refractivity contribution in [2.24, 2.45) is 11.1 Å². The molecule has 0 radical (unpaired) electrons. The van der Waals surface area contributed by atoms with Gasteiger partial charge in [-0.05, 0) is 25.7 Å². The minimum absolute atomic E-state index is 0.0237. The molecule has 86 valence electrons. The van der Waals surface area contributed by atoms with Crippen molar-refractivity contribution in [3.05, 3.63) is 11.5 Å². The van der Waals surface area contributed by atoms with Gasteiger partial charge in [-0.25, -0.2) is 0 Å². The minimum Gasteiger partial charge on any atom is -0.469 e. The summed E-state index contributed by atoms with van der Waals surface area (Å²) in [5, 5.41) is 27.8. The van der Waals surface area contributed by atoms with Crippen molar-refractivity contribution < 1.29 is 4.74 Å². The second-order valence-electron chi connectivity index (χ2n) is 4.48. The maximum absolute atomic E-state index is 9.36. The van der Waals surface area contributed by atoms with Gasteiger partial charge in [-0.3, -0.25) is 0 Å². The number of nitrogens with zero attached hydrogens (tertiary/aromatic N) is 3. The molecule has 0 aromatic heterocycles. The summed E-state index contributed by atoms with van der Waals surface area (Å²) in [6.07, 6.45) is 4.02. The molecule has 0 amide bonds. The largest absolute Gasteiger partial charge is 0.469 e. The number of rotatable bonds is 0. The second kappa shape index (κ2) is 3.68. The van der Waals surface area contributed by atoms with E-state index in [4.69, 9.17) is 15.7 Å². The van der Waals surface area contributed by atoms with Gasteiger partial charge in [0.25, 0.3) is 0 Å². The van der Waals surface area contributed by atoms with E-state index in [0.29, 0.717) is 12.8 Å². The summed E-state index contributed by atoms with van der Waals surface area (Å²) in [4.78, 5) is 0. The van der Waals surface area contributed by atoms with Gasteiger partial charge < -0.3 is 10.5 Å². The molecule has 0 aromatic carbocycles. The molecule has 0 unspecified atom stereocenters. The molecule has 0 atom stereocenters. The van der Waals surface area contributed by atoms with Crippen molar-refractivity contribution in [1.82, 2.24) is 0 Å². The molecule has 17 heavy (non-hydrogen) atoms. The summed E-state index contributed by atoms with van der Waals surface area (Å²) in [5.74, 6) is -0.0579. The van der Waals surface area contributed by atoms with Gasteiger partial charge in [-0.1, -0.05) is 6.42 Å². The van der Waals surface area contributed by atoms with Crippen molar-refractivity contribution in [1.29, 1.82) is 15.8 Å². The number of ether oxygens (including phenoxy) is 1. The van der Waals surface area contributed by atoms with E-state index in [1.54, 1.807) is 0 Å². The van der Waals surface area contributed by atoms with Gasteiger partial charge in [-0.2, -0.15) is 15.8 Å². The summed E-state index contributed by atoms with van der Waals surface area (Å²) >= 11 is 0. The Balaban J connectivity index is 2.57. The lowest BCUT2D eigenvalue weighted by atomic mass is 9.64. The molecule has 2 rings (SSSR count). The number of hydrogen-bond acceptors (Lipinski definition) is 5. The zero-order chi connectivity index (χ0) is 12.5. The first-order chi connectivity index (χ1) is 8.15. The third-order valence-electron chi connectivity index (χ3n) is 3.72. The molecule has 2 N–H and O–H groups in total. The van der Waals surface area contributed by atoms with Gasteiger partial charge >= 0.3 is 0 Å². The average molecular weight is 228 g/mol. The maximum Gasteiger partial charge on any atom is 0.222 e. The van der Waals surface area contributed by atoms with E-state index < -0.39 is 11.0 Å². The van der Waals surface area contributed by atoms with Crippen LogP contribution < -0.4 is 5.73 Å². The number of nitrogens with two attached hydrogens (primary N) is 1. The Morgan fingerprint density at radius 3 is 2.12 bits per heavy atom. The van der Waals surface area contributed by atoms with Crippen LogP contribution in [0.1, 0.15) is 32.1 Å². The SMILES string of the molecule is N#CC1=C(N)OC2(CCCCC2)C1(C#N)C#N. The molecular formula is C12H12N4O. The fourth-order valence-electron chi connectivity index (χ4n) is 2.83. The molecule has 1 saturated carbocycles. The third-order valence-corrected chi connectivity index (χ3v) is 3.72. The molecule has 0 bridgehead atoms. The van der Waals surface area contributed by atoms with Gasteiger partial charge in [0.1, 0.15) is 17.2 Å². The lowest BCUT2D eigenvalue weighted by Gasteiger charge is -2.39. The van der Waals surface area contributed by atoms with Crippen LogP contribution in [0.4, 0.5) is 0 Å². The summed E-state index contributed by atoms with van der Waals surface area (Å²) in [6, 6.07) is 5.81. The Bertz CT molecular complexity index is 480. The summed E-state index contributed by atoms with van der Waals surface area (Å²) < 4.78 is 5.58. The minimum atomic E-state index is -1.54. The van der Waals surface area contributed by atoms with Crippen molar-refractivity contribution in [2.75, 3.05) is 0 Å². The predicted molar refractivity (Wildman–Crippen MR) is 57.4 cm³/mol. The van der Waals surface area contributed by atoms with Crippen LogP contribution in [0.5, 0.6) is 0 Å². The Labute approximate surface area is 99.7 Å². The highest BCUT2D eigenvalue weighted by Crippen LogP contribution is 2.54. The highest BCUT2D eigenvalue weighted by atomic mass is 16.5. The molecule has 0 saturated heterocycles. The van der Waals surface area contributed by atoms with E-state index in [2.05, 4.69) is 0 Å². The molecule has 5 nitrogen and oxygen atoms in total. The van der Waals surface area contributed by atoms with E-state index in [1.807, 2.05) is 18.2 Å². The Hall–Kier alpha value is -2.19. The fraction of sp³-hybridized carbons (Fsp3) is 0.583. The quantitative estimate of drug-likeness (QED) is 0.675. The molecule has 1 aliphatic heterocycles. The van der Waals surface area contributed by atoms with Crippen LogP contribution in [0.2, 0.25) is 0 Å².